The van der Waals surface area contributed by atoms with Crippen LogP contribution < -0.4 is 4.90 Å². The first-order valence-electron chi connectivity index (χ1n) is 7.84. The van der Waals surface area contributed by atoms with Gasteiger partial charge in [-0.25, -0.2) is 9.97 Å². The third-order valence-electron chi connectivity index (χ3n) is 3.67. The van der Waals surface area contributed by atoms with Crippen LogP contribution in [-0.2, 0) is 6.54 Å². The molecule has 0 spiro atoms. The summed E-state index contributed by atoms with van der Waals surface area (Å²) in [4.78, 5) is 10.9. The van der Waals surface area contributed by atoms with Crippen LogP contribution in [0.3, 0.4) is 0 Å². The topological polar surface area (TPSA) is 49.2 Å². The van der Waals surface area contributed by atoms with Gasteiger partial charge in [-0.2, -0.15) is 0 Å². The Balaban J connectivity index is 2.05. The monoisotopic (exact) mass is 341 g/mol. The molecule has 0 aliphatic heterocycles. The van der Waals surface area contributed by atoms with Crippen molar-refractivity contribution >= 4 is 28.3 Å². The molecule has 124 valence electrons. The van der Waals surface area contributed by atoms with Crippen LogP contribution in [0, 0.1) is 0 Å². The van der Waals surface area contributed by atoms with Crippen LogP contribution in [0.25, 0.3) is 10.9 Å². The molecule has 2 aromatic carbocycles. The van der Waals surface area contributed by atoms with Gasteiger partial charge < -0.3 is 10.0 Å². The molecule has 3 rings (SSSR count). The van der Waals surface area contributed by atoms with E-state index in [4.69, 9.17) is 11.6 Å². The number of rotatable bonds is 5. The van der Waals surface area contributed by atoms with Crippen molar-refractivity contribution in [2.24, 2.45) is 0 Å². The van der Waals surface area contributed by atoms with Crippen molar-refractivity contribution in [1.82, 2.24) is 9.97 Å². The summed E-state index contributed by atoms with van der Waals surface area (Å²) in [5, 5.41) is 11.9. The zero-order valence-electron chi connectivity index (χ0n) is 13.8. The molecule has 3 aromatic rings. The average Bonchev–Trinajstić information content (AvgIpc) is 2.53. The maximum absolute atomic E-state index is 10.3. The molecule has 0 saturated heterocycles. The highest BCUT2D eigenvalue weighted by atomic mass is 35.5. The molecule has 0 aliphatic carbocycles. The maximum atomic E-state index is 10.3. The van der Waals surface area contributed by atoms with E-state index in [2.05, 4.69) is 27.0 Å². The van der Waals surface area contributed by atoms with E-state index in [1.54, 1.807) is 13.8 Å². The van der Waals surface area contributed by atoms with Crippen molar-refractivity contribution in [3.05, 3.63) is 65.4 Å². The molecule has 0 atom stereocenters. The minimum Gasteiger partial charge on any atom is -0.389 e. The van der Waals surface area contributed by atoms with Crippen LogP contribution >= 0.6 is 11.6 Å². The first kappa shape index (κ1) is 16.7. The predicted molar refractivity (Wildman–Crippen MR) is 98.3 cm³/mol. The van der Waals surface area contributed by atoms with Gasteiger partial charge in [-0.15, -0.1) is 0 Å². The van der Waals surface area contributed by atoms with E-state index in [1.165, 1.54) is 6.33 Å². The Hall–Kier alpha value is -2.17. The molecule has 0 bridgehead atoms. The molecule has 4 nitrogen and oxygen atoms in total. The van der Waals surface area contributed by atoms with E-state index >= 15 is 0 Å². The Morgan fingerprint density at radius 1 is 1.08 bits per heavy atom. The summed E-state index contributed by atoms with van der Waals surface area (Å²) in [6.07, 6.45) is 1.54. The molecule has 0 aliphatic rings. The number of hydrogen-bond acceptors (Lipinski definition) is 4. The molecule has 24 heavy (non-hydrogen) atoms. The lowest BCUT2D eigenvalue weighted by Crippen LogP contribution is -2.39. The van der Waals surface area contributed by atoms with E-state index in [0.29, 0.717) is 18.1 Å². The Kier molecular flexibility index (Phi) is 4.69. The van der Waals surface area contributed by atoms with Gasteiger partial charge in [0, 0.05) is 23.5 Å². The first-order valence-corrected chi connectivity index (χ1v) is 8.22. The highest BCUT2D eigenvalue weighted by Crippen LogP contribution is 2.27. The van der Waals surface area contributed by atoms with E-state index in [1.807, 2.05) is 36.4 Å². The molecule has 0 amide bonds. The third-order valence-corrected chi connectivity index (χ3v) is 3.91. The van der Waals surface area contributed by atoms with E-state index < -0.39 is 5.60 Å². The molecular weight excluding hydrogens is 322 g/mol. The summed E-state index contributed by atoms with van der Waals surface area (Å²) in [6.45, 7) is 4.70. The van der Waals surface area contributed by atoms with Gasteiger partial charge in [0.15, 0.2) is 0 Å². The number of halogens is 1. The van der Waals surface area contributed by atoms with Gasteiger partial charge in [0.2, 0.25) is 0 Å². The third kappa shape index (κ3) is 4.02. The lowest BCUT2D eigenvalue weighted by molar-refractivity contribution is 0.0869. The average molecular weight is 342 g/mol. The van der Waals surface area contributed by atoms with E-state index in [0.717, 1.165) is 22.3 Å². The van der Waals surface area contributed by atoms with Gasteiger partial charge in [0.05, 0.1) is 11.1 Å². The second-order valence-corrected chi connectivity index (χ2v) is 6.95. The fourth-order valence-corrected chi connectivity index (χ4v) is 2.91. The quantitative estimate of drug-likeness (QED) is 0.760. The number of nitrogens with zero attached hydrogens (tertiary/aromatic N) is 3. The lowest BCUT2D eigenvalue weighted by atomic mass is 10.1. The number of hydrogen-bond donors (Lipinski definition) is 1. The molecule has 5 heteroatoms. The molecule has 0 radical (unpaired) electrons. The zero-order chi connectivity index (χ0) is 17.2. The van der Waals surface area contributed by atoms with Crippen LogP contribution in [0.15, 0.2) is 54.9 Å². The molecule has 0 unspecified atom stereocenters. The van der Waals surface area contributed by atoms with Crippen LogP contribution in [0.4, 0.5) is 5.82 Å². The summed E-state index contributed by atoms with van der Waals surface area (Å²) in [7, 11) is 0. The second kappa shape index (κ2) is 6.75. The molecule has 1 aromatic heterocycles. The van der Waals surface area contributed by atoms with Gasteiger partial charge in [-0.3, -0.25) is 0 Å². The smallest absolute Gasteiger partial charge is 0.140 e. The number of benzene rings is 2. The fraction of sp³-hybridized carbons (Fsp3) is 0.263. The van der Waals surface area contributed by atoms with Gasteiger partial charge in [0.1, 0.15) is 12.1 Å². The summed E-state index contributed by atoms with van der Waals surface area (Å²) >= 11 is 6.07. The van der Waals surface area contributed by atoms with Crippen molar-refractivity contribution in [2.45, 2.75) is 26.0 Å². The summed E-state index contributed by atoms with van der Waals surface area (Å²) < 4.78 is 0. The molecule has 1 heterocycles. The summed E-state index contributed by atoms with van der Waals surface area (Å²) in [5.41, 5.74) is 1.10. The van der Waals surface area contributed by atoms with Crippen LogP contribution in [0.1, 0.15) is 19.4 Å². The van der Waals surface area contributed by atoms with Gasteiger partial charge in [0.25, 0.3) is 0 Å². The summed E-state index contributed by atoms with van der Waals surface area (Å²) in [5.74, 6) is 0.794. The number of aromatic nitrogens is 2. The highest BCUT2D eigenvalue weighted by Gasteiger charge is 2.21. The molecular formula is C19H20ClN3O. The number of fused-ring (bicyclic) bond motifs is 1. The zero-order valence-corrected chi connectivity index (χ0v) is 14.5. The minimum atomic E-state index is -0.849. The molecule has 0 fully saturated rings. The van der Waals surface area contributed by atoms with Crippen molar-refractivity contribution in [3.8, 4) is 0 Å². The van der Waals surface area contributed by atoms with Gasteiger partial charge in [-0.05, 0) is 37.6 Å². The van der Waals surface area contributed by atoms with Crippen LogP contribution in [0.2, 0.25) is 5.02 Å². The Bertz CT molecular complexity index is 831. The SMILES string of the molecule is CC(C)(O)CN(Cc1ccccc1)c1ncnc2cc(Cl)ccc12. The predicted octanol–water partition coefficient (Wildman–Crippen LogP) is 4.06. The lowest BCUT2D eigenvalue weighted by Gasteiger charge is -2.30. The fourth-order valence-electron chi connectivity index (χ4n) is 2.74. The standard InChI is InChI=1S/C19H20ClN3O/c1-19(2,24)12-23(11-14-6-4-3-5-7-14)18-16-9-8-15(20)10-17(16)21-13-22-18/h3-10,13,24H,11-12H2,1-2H3. The van der Waals surface area contributed by atoms with Gasteiger partial charge >= 0.3 is 0 Å². The van der Waals surface area contributed by atoms with Crippen molar-refractivity contribution in [2.75, 3.05) is 11.4 Å². The maximum Gasteiger partial charge on any atom is 0.140 e. The van der Waals surface area contributed by atoms with Crippen LogP contribution in [0.5, 0.6) is 0 Å². The van der Waals surface area contributed by atoms with Gasteiger partial charge in [-0.1, -0.05) is 41.9 Å². The Morgan fingerprint density at radius 3 is 2.54 bits per heavy atom. The second-order valence-electron chi connectivity index (χ2n) is 6.51. The summed E-state index contributed by atoms with van der Waals surface area (Å²) in [6, 6.07) is 15.7. The number of aliphatic hydroxyl groups is 1. The number of anilines is 1. The first-order chi connectivity index (χ1) is 11.4. The van der Waals surface area contributed by atoms with Crippen LogP contribution in [-0.4, -0.2) is 27.2 Å². The molecule has 1 N–H and O–H groups in total. The molecule has 0 saturated carbocycles. The van der Waals surface area contributed by atoms with E-state index in [-0.39, 0.29) is 0 Å². The normalized spacial score (nSPS) is 11.7. The Labute approximate surface area is 146 Å². The van der Waals surface area contributed by atoms with E-state index in [9.17, 15) is 5.11 Å². The van der Waals surface area contributed by atoms with Crippen molar-refractivity contribution in [3.63, 3.8) is 0 Å². The highest BCUT2D eigenvalue weighted by molar-refractivity contribution is 6.31. The minimum absolute atomic E-state index is 0.455. The Morgan fingerprint density at radius 2 is 1.83 bits per heavy atom. The van der Waals surface area contributed by atoms with Crippen molar-refractivity contribution < 1.29 is 5.11 Å². The largest absolute Gasteiger partial charge is 0.389 e. The van der Waals surface area contributed by atoms with Crippen molar-refractivity contribution in [1.29, 1.82) is 0 Å².